The second-order valence-electron chi connectivity index (χ2n) is 5.53. The Morgan fingerprint density at radius 3 is 2.75 bits per heavy atom. The predicted octanol–water partition coefficient (Wildman–Crippen LogP) is 2.78. The van der Waals surface area contributed by atoms with Crippen molar-refractivity contribution in [3.63, 3.8) is 0 Å². The topological polar surface area (TPSA) is 15.3 Å². The van der Waals surface area contributed by atoms with Crippen LogP contribution < -0.4 is 5.32 Å². The summed E-state index contributed by atoms with van der Waals surface area (Å²) in [4.78, 5) is 2.75. The number of nitrogens with zero attached hydrogens (tertiary/aromatic N) is 1. The third kappa shape index (κ3) is 4.06. The van der Waals surface area contributed by atoms with E-state index in [0.29, 0.717) is 0 Å². The van der Waals surface area contributed by atoms with Crippen molar-refractivity contribution in [2.45, 2.75) is 70.4 Å². The summed E-state index contributed by atoms with van der Waals surface area (Å²) in [6, 6.07) is 1.76. The van der Waals surface area contributed by atoms with Gasteiger partial charge in [-0.15, -0.1) is 0 Å². The molecular formula is C14H28N2. The minimum Gasteiger partial charge on any atom is -0.314 e. The number of hydrogen-bond donors (Lipinski definition) is 1. The molecule has 0 bridgehead atoms. The Balaban J connectivity index is 1.63. The first-order chi connectivity index (χ1) is 7.90. The molecule has 1 heterocycles. The van der Waals surface area contributed by atoms with Crippen molar-refractivity contribution in [1.82, 2.24) is 10.2 Å². The Bertz CT molecular complexity index is 189. The number of rotatable bonds is 6. The molecule has 1 N–H and O–H groups in total. The Hall–Kier alpha value is -0.0800. The van der Waals surface area contributed by atoms with Gasteiger partial charge in [0.25, 0.3) is 0 Å². The van der Waals surface area contributed by atoms with E-state index in [0.717, 1.165) is 12.1 Å². The van der Waals surface area contributed by atoms with E-state index in [4.69, 9.17) is 0 Å². The van der Waals surface area contributed by atoms with Gasteiger partial charge < -0.3 is 10.2 Å². The highest BCUT2D eigenvalue weighted by Gasteiger charge is 2.21. The van der Waals surface area contributed by atoms with Crippen LogP contribution in [-0.2, 0) is 0 Å². The number of likely N-dealkylation sites (tertiary alicyclic amines) is 1. The fourth-order valence-electron chi connectivity index (χ4n) is 2.87. The molecule has 16 heavy (non-hydrogen) atoms. The highest BCUT2D eigenvalue weighted by atomic mass is 15.2. The maximum atomic E-state index is 3.62. The molecule has 1 unspecified atom stereocenters. The summed E-state index contributed by atoms with van der Waals surface area (Å²) < 4.78 is 0. The summed E-state index contributed by atoms with van der Waals surface area (Å²) in [5.41, 5.74) is 0. The van der Waals surface area contributed by atoms with Crippen molar-refractivity contribution in [1.29, 1.82) is 0 Å². The predicted molar refractivity (Wildman–Crippen MR) is 69.8 cm³/mol. The van der Waals surface area contributed by atoms with Gasteiger partial charge in [0.2, 0.25) is 0 Å². The smallest absolute Gasteiger partial charge is 0.00926 e. The lowest BCUT2D eigenvalue weighted by Gasteiger charge is -2.29. The van der Waals surface area contributed by atoms with Crippen LogP contribution in [0.1, 0.15) is 58.3 Å². The maximum absolute atomic E-state index is 3.62. The Labute approximate surface area is 101 Å². The fourth-order valence-corrected chi connectivity index (χ4v) is 2.87. The second kappa shape index (κ2) is 6.61. The summed E-state index contributed by atoms with van der Waals surface area (Å²) in [5, 5.41) is 3.62. The molecule has 1 atom stereocenters. The molecule has 2 aliphatic rings. The Morgan fingerprint density at radius 2 is 2.00 bits per heavy atom. The summed E-state index contributed by atoms with van der Waals surface area (Å²) in [7, 11) is 0. The average molecular weight is 224 g/mol. The number of hydrogen-bond acceptors (Lipinski definition) is 2. The van der Waals surface area contributed by atoms with Gasteiger partial charge in [-0.05, 0) is 58.2 Å². The van der Waals surface area contributed by atoms with Crippen molar-refractivity contribution in [3.05, 3.63) is 0 Å². The van der Waals surface area contributed by atoms with Crippen LogP contribution in [0.25, 0.3) is 0 Å². The van der Waals surface area contributed by atoms with E-state index in [1.807, 2.05) is 0 Å². The first kappa shape index (κ1) is 12.4. The van der Waals surface area contributed by atoms with E-state index < -0.39 is 0 Å². The summed E-state index contributed by atoms with van der Waals surface area (Å²) in [5.74, 6) is 0. The van der Waals surface area contributed by atoms with Gasteiger partial charge in [-0.25, -0.2) is 0 Å². The molecule has 1 aliphatic carbocycles. The molecule has 1 saturated carbocycles. The maximum Gasteiger partial charge on any atom is 0.00926 e. The van der Waals surface area contributed by atoms with Gasteiger partial charge in [0, 0.05) is 12.1 Å². The minimum atomic E-state index is 0.878. The highest BCUT2D eigenvalue weighted by Crippen LogP contribution is 2.20. The van der Waals surface area contributed by atoms with Crippen LogP contribution in [0.4, 0.5) is 0 Å². The molecule has 0 amide bonds. The number of nitrogens with one attached hydrogen (secondary N) is 1. The SMILES string of the molecule is CCC1CCCCCN1CCCNC1CC1. The molecule has 0 aromatic carbocycles. The van der Waals surface area contributed by atoms with E-state index in [2.05, 4.69) is 17.1 Å². The van der Waals surface area contributed by atoms with Crippen LogP contribution in [0.15, 0.2) is 0 Å². The molecule has 2 fully saturated rings. The molecule has 1 saturated heterocycles. The fraction of sp³-hybridized carbons (Fsp3) is 1.00. The molecule has 0 aromatic heterocycles. The zero-order chi connectivity index (χ0) is 11.2. The molecule has 2 rings (SSSR count). The molecule has 94 valence electrons. The largest absolute Gasteiger partial charge is 0.314 e. The second-order valence-corrected chi connectivity index (χ2v) is 5.53. The lowest BCUT2D eigenvalue weighted by Crippen LogP contribution is -2.36. The lowest BCUT2D eigenvalue weighted by molar-refractivity contribution is 0.192. The molecular weight excluding hydrogens is 196 g/mol. The van der Waals surface area contributed by atoms with Crippen LogP contribution in [0.3, 0.4) is 0 Å². The first-order valence-electron chi connectivity index (χ1n) is 7.37. The van der Waals surface area contributed by atoms with Crippen molar-refractivity contribution >= 4 is 0 Å². The van der Waals surface area contributed by atoms with Crippen molar-refractivity contribution in [2.75, 3.05) is 19.6 Å². The van der Waals surface area contributed by atoms with Gasteiger partial charge in [-0.3, -0.25) is 0 Å². The van der Waals surface area contributed by atoms with Crippen molar-refractivity contribution in [2.24, 2.45) is 0 Å². The summed E-state index contributed by atoms with van der Waals surface area (Å²) >= 11 is 0. The standard InChI is InChI=1S/C14H28N2/c1-2-14-7-4-3-5-11-16(14)12-6-10-15-13-8-9-13/h13-15H,2-12H2,1H3. The van der Waals surface area contributed by atoms with E-state index in [9.17, 15) is 0 Å². The minimum absolute atomic E-state index is 0.878. The molecule has 1 aliphatic heterocycles. The summed E-state index contributed by atoms with van der Waals surface area (Å²) in [6.45, 7) is 6.25. The van der Waals surface area contributed by atoms with E-state index in [1.54, 1.807) is 0 Å². The summed E-state index contributed by atoms with van der Waals surface area (Å²) in [6.07, 6.45) is 11.3. The molecule has 0 radical (unpaired) electrons. The van der Waals surface area contributed by atoms with Gasteiger partial charge >= 0.3 is 0 Å². The lowest BCUT2D eigenvalue weighted by atomic mass is 10.1. The Morgan fingerprint density at radius 1 is 1.12 bits per heavy atom. The zero-order valence-corrected chi connectivity index (χ0v) is 10.9. The molecule has 0 aromatic rings. The average Bonchev–Trinajstić information content (AvgIpc) is 3.11. The third-order valence-electron chi connectivity index (χ3n) is 4.10. The molecule has 2 nitrogen and oxygen atoms in total. The van der Waals surface area contributed by atoms with Gasteiger partial charge in [0.1, 0.15) is 0 Å². The quantitative estimate of drug-likeness (QED) is 0.698. The Kier molecular flexibility index (Phi) is 5.11. The molecule has 0 spiro atoms. The van der Waals surface area contributed by atoms with E-state index in [1.165, 1.54) is 71.0 Å². The van der Waals surface area contributed by atoms with Crippen molar-refractivity contribution < 1.29 is 0 Å². The van der Waals surface area contributed by atoms with Crippen LogP contribution in [0.5, 0.6) is 0 Å². The van der Waals surface area contributed by atoms with Gasteiger partial charge in [-0.2, -0.15) is 0 Å². The van der Waals surface area contributed by atoms with Gasteiger partial charge in [0.15, 0.2) is 0 Å². The van der Waals surface area contributed by atoms with Gasteiger partial charge in [0.05, 0.1) is 0 Å². The highest BCUT2D eigenvalue weighted by molar-refractivity contribution is 4.81. The van der Waals surface area contributed by atoms with Crippen LogP contribution in [0, 0.1) is 0 Å². The first-order valence-corrected chi connectivity index (χ1v) is 7.37. The van der Waals surface area contributed by atoms with Crippen LogP contribution in [0.2, 0.25) is 0 Å². The third-order valence-corrected chi connectivity index (χ3v) is 4.10. The van der Waals surface area contributed by atoms with Crippen molar-refractivity contribution in [3.8, 4) is 0 Å². The van der Waals surface area contributed by atoms with Crippen LogP contribution in [-0.4, -0.2) is 36.6 Å². The van der Waals surface area contributed by atoms with Crippen LogP contribution >= 0.6 is 0 Å². The van der Waals surface area contributed by atoms with E-state index in [-0.39, 0.29) is 0 Å². The normalized spacial score (nSPS) is 27.9. The monoisotopic (exact) mass is 224 g/mol. The van der Waals surface area contributed by atoms with Gasteiger partial charge in [-0.1, -0.05) is 19.8 Å². The zero-order valence-electron chi connectivity index (χ0n) is 10.9. The van der Waals surface area contributed by atoms with E-state index >= 15 is 0 Å². The molecule has 2 heteroatoms.